The molecule has 0 saturated heterocycles. The predicted octanol–water partition coefficient (Wildman–Crippen LogP) is 1.06. The topological polar surface area (TPSA) is 69.6 Å². The number of thioether (sulfide) groups is 1. The largest absolute Gasteiger partial charge is 0.329 e. The van der Waals surface area contributed by atoms with Crippen LogP contribution >= 0.6 is 11.8 Å². The van der Waals surface area contributed by atoms with E-state index in [0.29, 0.717) is 29.6 Å². The molecule has 1 aromatic heterocycles. The van der Waals surface area contributed by atoms with Gasteiger partial charge in [0.05, 0.1) is 6.54 Å². The first-order chi connectivity index (χ1) is 8.31. The maximum atomic E-state index is 13.4. The molecule has 0 atom stereocenters. The lowest BCUT2D eigenvalue weighted by Gasteiger charge is -2.03. The molecule has 7 heteroatoms. The summed E-state index contributed by atoms with van der Waals surface area (Å²) in [5.74, 6) is 0.287. The quantitative estimate of drug-likeness (QED) is 0.807. The lowest BCUT2D eigenvalue weighted by molar-refractivity contribution is 0.556. The molecular formula is C10H12FN5S. The number of hydrogen-bond acceptors (Lipinski definition) is 5. The third-order valence-corrected chi connectivity index (χ3v) is 3.16. The van der Waals surface area contributed by atoms with Crippen molar-refractivity contribution in [2.75, 3.05) is 6.54 Å². The molecule has 2 N–H and O–H groups in total. The van der Waals surface area contributed by atoms with Gasteiger partial charge in [-0.3, -0.25) is 0 Å². The number of tetrazole rings is 1. The SMILES string of the molecule is NCCn1nnnc1SCc1ccccc1F. The summed E-state index contributed by atoms with van der Waals surface area (Å²) in [4.78, 5) is 0. The van der Waals surface area contributed by atoms with Gasteiger partial charge in [-0.15, -0.1) is 5.10 Å². The van der Waals surface area contributed by atoms with E-state index in [1.807, 2.05) is 6.07 Å². The average Bonchev–Trinajstić information content (AvgIpc) is 2.76. The molecule has 17 heavy (non-hydrogen) atoms. The van der Waals surface area contributed by atoms with Gasteiger partial charge in [-0.2, -0.15) is 0 Å². The second-order valence-corrected chi connectivity index (χ2v) is 4.30. The van der Waals surface area contributed by atoms with Crippen LogP contribution in [0.3, 0.4) is 0 Å². The monoisotopic (exact) mass is 253 g/mol. The van der Waals surface area contributed by atoms with E-state index in [-0.39, 0.29) is 5.82 Å². The standard InChI is InChI=1S/C10H12FN5S/c11-9-4-2-1-3-8(9)7-17-10-13-14-15-16(10)6-5-12/h1-4H,5-7,12H2. The molecule has 90 valence electrons. The summed E-state index contributed by atoms with van der Waals surface area (Å²) in [6.07, 6.45) is 0. The predicted molar refractivity (Wildman–Crippen MR) is 62.8 cm³/mol. The maximum Gasteiger partial charge on any atom is 0.209 e. The molecule has 5 nitrogen and oxygen atoms in total. The molecule has 0 saturated carbocycles. The Morgan fingerprint density at radius 2 is 2.18 bits per heavy atom. The minimum atomic E-state index is -0.210. The molecular weight excluding hydrogens is 241 g/mol. The summed E-state index contributed by atoms with van der Waals surface area (Å²) in [6, 6.07) is 6.67. The molecule has 1 heterocycles. The second-order valence-electron chi connectivity index (χ2n) is 3.35. The molecule has 0 radical (unpaired) electrons. The van der Waals surface area contributed by atoms with Crippen LogP contribution in [0.15, 0.2) is 29.4 Å². The maximum absolute atomic E-state index is 13.4. The summed E-state index contributed by atoms with van der Waals surface area (Å²) in [5.41, 5.74) is 6.07. The molecule has 0 aliphatic carbocycles. The van der Waals surface area contributed by atoms with Crippen LogP contribution in [0.4, 0.5) is 4.39 Å². The summed E-state index contributed by atoms with van der Waals surface area (Å²) in [5, 5.41) is 11.9. The van der Waals surface area contributed by atoms with Crippen LogP contribution in [0.1, 0.15) is 5.56 Å². The Morgan fingerprint density at radius 3 is 2.94 bits per heavy atom. The van der Waals surface area contributed by atoms with Gasteiger partial charge >= 0.3 is 0 Å². The van der Waals surface area contributed by atoms with Crippen LogP contribution in [0.25, 0.3) is 0 Å². The van der Waals surface area contributed by atoms with E-state index in [0.717, 1.165) is 0 Å². The Balaban J connectivity index is 2.02. The number of nitrogens with two attached hydrogens (primary N) is 1. The normalized spacial score (nSPS) is 10.7. The van der Waals surface area contributed by atoms with Crippen molar-refractivity contribution in [3.8, 4) is 0 Å². The number of rotatable bonds is 5. The van der Waals surface area contributed by atoms with Crippen LogP contribution in [0.2, 0.25) is 0 Å². The van der Waals surface area contributed by atoms with Crippen LogP contribution in [0, 0.1) is 5.82 Å². The van der Waals surface area contributed by atoms with Crippen molar-refractivity contribution < 1.29 is 4.39 Å². The van der Waals surface area contributed by atoms with Gasteiger partial charge in [-0.05, 0) is 22.1 Å². The van der Waals surface area contributed by atoms with Crippen molar-refractivity contribution in [3.63, 3.8) is 0 Å². The molecule has 0 bridgehead atoms. The fraction of sp³-hybridized carbons (Fsp3) is 0.300. The number of halogens is 1. The van der Waals surface area contributed by atoms with Gasteiger partial charge < -0.3 is 5.73 Å². The Hall–Kier alpha value is -1.47. The number of aromatic nitrogens is 4. The fourth-order valence-corrected chi connectivity index (χ4v) is 2.21. The molecule has 0 fully saturated rings. The average molecular weight is 253 g/mol. The molecule has 0 amide bonds. The lowest BCUT2D eigenvalue weighted by Crippen LogP contribution is -2.12. The van der Waals surface area contributed by atoms with Gasteiger partial charge in [0.1, 0.15) is 5.82 Å². The molecule has 1 aromatic carbocycles. The van der Waals surface area contributed by atoms with E-state index in [1.165, 1.54) is 17.8 Å². The molecule has 0 aliphatic rings. The van der Waals surface area contributed by atoms with E-state index < -0.39 is 0 Å². The number of benzene rings is 1. The Kier molecular flexibility index (Phi) is 4.05. The van der Waals surface area contributed by atoms with Gasteiger partial charge in [-0.25, -0.2) is 9.07 Å². The van der Waals surface area contributed by atoms with Crippen molar-refractivity contribution in [1.82, 2.24) is 20.2 Å². The molecule has 0 unspecified atom stereocenters. The smallest absolute Gasteiger partial charge is 0.209 e. The highest BCUT2D eigenvalue weighted by Crippen LogP contribution is 2.21. The first-order valence-corrected chi connectivity index (χ1v) is 6.12. The highest BCUT2D eigenvalue weighted by atomic mass is 32.2. The third-order valence-electron chi connectivity index (χ3n) is 2.15. The van der Waals surface area contributed by atoms with E-state index in [1.54, 1.807) is 16.8 Å². The number of hydrogen-bond donors (Lipinski definition) is 1. The highest BCUT2D eigenvalue weighted by molar-refractivity contribution is 7.98. The van der Waals surface area contributed by atoms with E-state index in [2.05, 4.69) is 15.5 Å². The van der Waals surface area contributed by atoms with Crippen molar-refractivity contribution in [2.24, 2.45) is 5.73 Å². The molecule has 0 aliphatic heterocycles. The van der Waals surface area contributed by atoms with E-state index in [4.69, 9.17) is 5.73 Å². The lowest BCUT2D eigenvalue weighted by atomic mass is 10.2. The molecule has 2 aromatic rings. The fourth-order valence-electron chi connectivity index (χ4n) is 1.32. The van der Waals surface area contributed by atoms with Crippen LogP contribution < -0.4 is 5.73 Å². The highest BCUT2D eigenvalue weighted by Gasteiger charge is 2.08. The van der Waals surface area contributed by atoms with Crippen molar-refractivity contribution >= 4 is 11.8 Å². The minimum Gasteiger partial charge on any atom is -0.329 e. The first-order valence-electron chi connectivity index (χ1n) is 5.13. The Morgan fingerprint density at radius 1 is 1.35 bits per heavy atom. The van der Waals surface area contributed by atoms with Gasteiger partial charge in [0, 0.05) is 12.3 Å². The zero-order chi connectivity index (χ0) is 12.1. The van der Waals surface area contributed by atoms with Crippen LogP contribution in [0.5, 0.6) is 0 Å². The summed E-state index contributed by atoms with van der Waals surface area (Å²) < 4.78 is 15.0. The number of nitrogens with zero attached hydrogens (tertiary/aromatic N) is 4. The second kappa shape index (κ2) is 5.74. The van der Waals surface area contributed by atoms with Crippen LogP contribution in [-0.2, 0) is 12.3 Å². The van der Waals surface area contributed by atoms with Crippen molar-refractivity contribution in [1.29, 1.82) is 0 Å². The summed E-state index contributed by atoms with van der Waals surface area (Å²) in [6.45, 7) is 1.03. The summed E-state index contributed by atoms with van der Waals surface area (Å²) >= 11 is 1.39. The van der Waals surface area contributed by atoms with Gasteiger partial charge in [0.2, 0.25) is 5.16 Å². The van der Waals surface area contributed by atoms with Gasteiger partial charge in [0.25, 0.3) is 0 Å². The summed E-state index contributed by atoms with van der Waals surface area (Å²) in [7, 11) is 0. The van der Waals surface area contributed by atoms with Gasteiger partial charge in [0.15, 0.2) is 0 Å². The Bertz CT molecular complexity index is 487. The zero-order valence-corrected chi connectivity index (χ0v) is 9.90. The van der Waals surface area contributed by atoms with E-state index in [9.17, 15) is 4.39 Å². The third kappa shape index (κ3) is 3.01. The molecule has 0 spiro atoms. The first kappa shape index (κ1) is 12.0. The Labute approximate surface area is 102 Å². The van der Waals surface area contributed by atoms with Crippen molar-refractivity contribution in [2.45, 2.75) is 17.5 Å². The zero-order valence-electron chi connectivity index (χ0n) is 9.08. The molecule has 2 rings (SSSR count). The van der Waals surface area contributed by atoms with E-state index >= 15 is 0 Å². The van der Waals surface area contributed by atoms with Gasteiger partial charge in [-0.1, -0.05) is 30.0 Å². The minimum absolute atomic E-state index is 0.210. The van der Waals surface area contributed by atoms with Crippen LogP contribution in [-0.4, -0.2) is 26.8 Å². The van der Waals surface area contributed by atoms with Crippen molar-refractivity contribution in [3.05, 3.63) is 35.6 Å².